The van der Waals surface area contributed by atoms with Crippen molar-refractivity contribution >= 4 is 29.8 Å². The normalized spacial score (nSPS) is 22.2. The summed E-state index contributed by atoms with van der Waals surface area (Å²) in [6.45, 7) is 5.88. The maximum absolute atomic E-state index is 14.7. The zero-order chi connectivity index (χ0) is 27.9. The summed E-state index contributed by atoms with van der Waals surface area (Å²) in [5.41, 5.74) is 4.46. The number of nitrogens with one attached hydrogen (secondary N) is 2. The predicted octanol–water partition coefficient (Wildman–Crippen LogP) is 3.66. The SMILES string of the molecule is C[C@@H]1CC(C)(C)N2C(=O)[C@@]3(C(C#N)=C(N)Oc4[nH]c(=S)[nH]c(=O)c43)c3cc(OC(=O)c4ccccc4)cc1c32. The van der Waals surface area contributed by atoms with Crippen molar-refractivity contribution in [1.29, 1.82) is 5.26 Å². The van der Waals surface area contributed by atoms with Crippen LogP contribution in [-0.4, -0.2) is 27.4 Å². The van der Waals surface area contributed by atoms with Gasteiger partial charge < -0.3 is 25.1 Å². The summed E-state index contributed by atoms with van der Waals surface area (Å²) in [6, 6.07) is 13.8. The molecule has 39 heavy (non-hydrogen) atoms. The Morgan fingerprint density at radius 1 is 1.23 bits per heavy atom. The van der Waals surface area contributed by atoms with Crippen molar-refractivity contribution in [3.63, 3.8) is 0 Å². The van der Waals surface area contributed by atoms with Gasteiger partial charge in [-0.15, -0.1) is 0 Å². The highest BCUT2D eigenvalue weighted by Crippen LogP contribution is 2.60. The van der Waals surface area contributed by atoms with Crippen LogP contribution >= 0.6 is 12.2 Å². The van der Waals surface area contributed by atoms with E-state index in [1.54, 1.807) is 41.3 Å². The summed E-state index contributed by atoms with van der Waals surface area (Å²) in [7, 11) is 0. The number of hydrogen-bond donors (Lipinski definition) is 3. The third-order valence-corrected chi connectivity index (χ3v) is 7.86. The van der Waals surface area contributed by atoms with Crippen molar-refractivity contribution in [2.45, 2.75) is 44.1 Å². The summed E-state index contributed by atoms with van der Waals surface area (Å²) < 4.78 is 11.4. The van der Waals surface area contributed by atoms with E-state index in [0.717, 1.165) is 5.56 Å². The van der Waals surface area contributed by atoms with E-state index in [4.69, 9.17) is 27.4 Å². The number of nitrogens with two attached hydrogens (primary N) is 1. The summed E-state index contributed by atoms with van der Waals surface area (Å²) >= 11 is 5.13. The number of fused-ring (bicyclic) bond motifs is 3. The minimum absolute atomic E-state index is 0.0332. The molecule has 10 nitrogen and oxygen atoms in total. The van der Waals surface area contributed by atoms with E-state index in [9.17, 15) is 19.6 Å². The molecule has 11 heteroatoms. The lowest BCUT2D eigenvalue weighted by Gasteiger charge is -2.44. The fraction of sp³-hybridized carbons (Fsp3) is 0.250. The molecule has 2 atom stereocenters. The van der Waals surface area contributed by atoms with Crippen molar-refractivity contribution in [3.05, 3.63) is 91.3 Å². The molecule has 1 spiro atoms. The van der Waals surface area contributed by atoms with Gasteiger partial charge >= 0.3 is 5.97 Å². The first-order valence-corrected chi connectivity index (χ1v) is 12.7. The van der Waals surface area contributed by atoms with Crippen LogP contribution in [0.15, 0.2) is 58.7 Å². The number of anilines is 1. The van der Waals surface area contributed by atoms with Crippen molar-refractivity contribution in [2.24, 2.45) is 5.73 Å². The molecule has 3 aliphatic rings. The second-order valence-electron chi connectivity index (χ2n) is 10.5. The van der Waals surface area contributed by atoms with Gasteiger partial charge in [0.1, 0.15) is 23.0 Å². The van der Waals surface area contributed by atoms with Crippen molar-refractivity contribution in [1.82, 2.24) is 9.97 Å². The smallest absolute Gasteiger partial charge is 0.343 e. The Morgan fingerprint density at radius 3 is 2.64 bits per heavy atom. The maximum Gasteiger partial charge on any atom is 0.343 e. The van der Waals surface area contributed by atoms with E-state index in [0.29, 0.717) is 23.2 Å². The lowest BCUT2D eigenvalue weighted by Crippen LogP contribution is -2.55. The molecule has 0 saturated carbocycles. The van der Waals surface area contributed by atoms with Gasteiger partial charge in [0.25, 0.3) is 5.56 Å². The number of nitrogens with zero attached hydrogens (tertiary/aromatic N) is 2. The average Bonchev–Trinajstić information content (AvgIpc) is 3.12. The van der Waals surface area contributed by atoms with E-state index in [2.05, 4.69) is 9.97 Å². The highest BCUT2D eigenvalue weighted by atomic mass is 32.1. The quantitative estimate of drug-likeness (QED) is 0.252. The number of esters is 1. The highest BCUT2D eigenvalue weighted by Gasteiger charge is 2.64. The molecule has 2 aromatic carbocycles. The second kappa shape index (κ2) is 8.15. The molecule has 196 valence electrons. The molecule has 0 radical (unpaired) electrons. The average molecular weight is 542 g/mol. The van der Waals surface area contributed by atoms with Crippen LogP contribution < -0.4 is 25.7 Å². The van der Waals surface area contributed by atoms with Crippen LogP contribution in [0.4, 0.5) is 5.69 Å². The third-order valence-electron chi connectivity index (χ3n) is 7.65. The number of benzene rings is 2. The van der Waals surface area contributed by atoms with Gasteiger partial charge in [0.2, 0.25) is 17.7 Å². The molecule has 3 aromatic rings. The number of aromatic nitrogens is 2. The van der Waals surface area contributed by atoms with E-state index >= 15 is 0 Å². The summed E-state index contributed by atoms with van der Waals surface area (Å²) in [4.78, 5) is 48.1. The first-order chi connectivity index (χ1) is 18.5. The van der Waals surface area contributed by atoms with E-state index < -0.39 is 28.4 Å². The summed E-state index contributed by atoms with van der Waals surface area (Å²) in [5.74, 6) is -1.45. The largest absolute Gasteiger partial charge is 0.424 e. The molecule has 0 unspecified atom stereocenters. The van der Waals surface area contributed by atoms with E-state index in [1.165, 1.54) is 6.07 Å². The van der Waals surface area contributed by atoms with E-state index in [1.807, 2.05) is 26.8 Å². The Hall–Kier alpha value is -4.69. The monoisotopic (exact) mass is 541 g/mol. The van der Waals surface area contributed by atoms with Crippen LogP contribution in [-0.2, 0) is 10.2 Å². The molecule has 1 amide bonds. The molecule has 1 aromatic heterocycles. The first kappa shape index (κ1) is 24.6. The molecule has 6 rings (SSSR count). The van der Waals surface area contributed by atoms with Crippen LogP contribution in [0, 0.1) is 16.1 Å². The number of amides is 1. The Balaban J connectivity index is 1.70. The van der Waals surface area contributed by atoms with Gasteiger partial charge in [-0.2, -0.15) is 5.26 Å². The Labute approximate surface area is 227 Å². The van der Waals surface area contributed by atoms with Crippen molar-refractivity contribution in [3.8, 4) is 17.7 Å². The Kier molecular flexibility index (Phi) is 5.15. The van der Waals surface area contributed by atoms with Gasteiger partial charge in [0, 0.05) is 11.1 Å². The minimum atomic E-state index is -1.96. The zero-order valence-corrected chi connectivity index (χ0v) is 22.1. The van der Waals surface area contributed by atoms with Gasteiger partial charge in [0.15, 0.2) is 10.2 Å². The van der Waals surface area contributed by atoms with Crippen LogP contribution in [0.2, 0.25) is 0 Å². The first-order valence-electron chi connectivity index (χ1n) is 12.3. The van der Waals surface area contributed by atoms with Gasteiger partial charge in [-0.05, 0) is 68.2 Å². The Bertz CT molecular complexity index is 1800. The number of carbonyl (C=O) groups is 2. The molecule has 3 aliphatic heterocycles. The predicted molar refractivity (Wildman–Crippen MR) is 143 cm³/mol. The number of ether oxygens (including phenoxy) is 2. The molecule has 4 N–H and O–H groups in total. The molecular formula is C28H23N5O5S. The lowest BCUT2D eigenvalue weighted by molar-refractivity contribution is -0.122. The summed E-state index contributed by atoms with van der Waals surface area (Å²) in [6.07, 6.45) is 0.579. The molecule has 0 fully saturated rings. The topological polar surface area (TPSA) is 154 Å². The number of rotatable bonds is 2. The number of aromatic amines is 2. The number of nitriles is 1. The maximum atomic E-state index is 14.7. The van der Waals surface area contributed by atoms with Crippen molar-refractivity contribution < 1.29 is 19.1 Å². The van der Waals surface area contributed by atoms with Gasteiger partial charge in [-0.25, -0.2) is 4.79 Å². The third kappa shape index (κ3) is 3.25. The van der Waals surface area contributed by atoms with Crippen LogP contribution in [0.5, 0.6) is 11.6 Å². The zero-order valence-electron chi connectivity index (χ0n) is 21.2. The fourth-order valence-electron chi connectivity index (χ4n) is 6.23. The fourth-order valence-corrected chi connectivity index (χ4v) is 6.41. The summed E-state index contributed by atoms with van der Waals surface area (Å²) in [5, 5.41) is 10.3. The molecule has 4 heterocycles. The second-order valence-corrected chi connectivity index (χ2v) is 10.9. The Morgan fingerprint density at radius 2 is 1.95 bits per heavy atom. The molecular weight excluding hydrogens is 518 g/mol. The molecule has 0 aliphatic carbocycles. The number of H-pyrrole nitrogens is 2. The molecule has 0 bridgehead atoms. The van der Waals surface area contributed by atoms with Crippen molar-refractivity contribution in [2.75, 3.05) is 4.90 Å². The van der Waals surface area contributed by atoms with Gasteiger partial charge in [0.05, 0.1) is 11.3 Å². The van der Waals surface area contributed by atoms with Crippen LogP contribution in [0.25, 0.3) is 0 Å². The highest BCUT2D eigenvalue weighted by molar-refractivity contribution is 7.71. The molecule has 0 saturated heterocycles. The lowest BCUT2D eigenvalue weighted by atomic mass is 9.69. The van der Waals surface area contributed by atoms with Crippen LogP contribution in [0.3, 0.4) is 0 Å². The van der Waals surface area contributed by atoms with Gasteiger partial charge in [-0.3, -0.25) is 14.6 Å². The minimum Gasteiger partial charge on any atom is -0.424 e. The standard InChI is InChI=1S/C28H23N5O5S/c1-13-11-27(2,3)33-20-16(13)9-15(37-24(35)14-7-5-4-6-8-14)10-17(20)28(25(33)36)18(12-29)21(30)38-23-19(28)22(34)31-26(39)32-23/h4-10,13H,11,30H2,1-3H3,(H2,31,32,34,39)/t13-,28-/m1/s1. The number of carbonyl (C=O) groups excluding carboxylic acids is 2. The van der Waals surface area contributed by atoms with E-state index in [-0.39, 0.29) is 39.3 Å². The van der Waals surface area contributed by atoms with Gasteiger partial charge in [-0.1, -0.05) is 25.1 Å². The van der Waals surface area contributed by atoms with Crippen LogP contribution in [0.1, 0.15) is 60.2 Å². The number of hydrogen-bond acceptors (Lipinski definition) is 8.